The molecule has 4 nitrogen and oxygen atoms in total. The number of aliphatic hydroxyl groups excluding tert-OH is 1. The summed E-state index contributed by atoms with van der Waals surface area (Å²) in [7, 11) is 0. The van der Waals surface area contributed by atoms with Gasteiger partial charge < -0.3 is 9.63 Å². The van der Waals surface area contributed by atoms with Crippen LogP contribution < -0.4 is 0 Å². The molecule has 1 rings (SSSR count). The maximum Gasteiger partial charge on any atom is 0.138 e. The van der Waals surface area contributed by atoms with Crippen LogP contribution in [0.2, 0.25) is 0 Å². The van der Waals surface area contributed by atoms with E-state index in [2.05, 4.69) is 23.9 Å². The molecule has 0 unspecified atom stereocenters. The van der Waals surface area contributed by atoms with Gasteiger partial charge in [0, 0.05) is 24.7 Å². The van der Waals surface area contributed by atoms with Gasteiger partial charge in [0.25, 0.3) is 0 Å². The van der Waals surface area contributed by atoms with E-state index in [0.29, 0.717) is 12.6 Å². The first-order valence-corrected chi connectivity index (χ1v) is 6.40. The second kappa shape index (κ2) is 6.77. The Balaban J connectivity index is 2.79. The lowest BCUT2D eigenvalue weighted by molar-refractivity contribution is 0.136. The number of hydrogen-bond donors (Lipinski definition) is 1. The van der Waals surface area contributed by atoms with Crippen LogP contribution >= 0.6 is 0 Å². The fourth-order valence-corrected chi connectivity index (χ4v) is 2.25. The first kappa shape index (κ1) is 14.2. The number of aryl methyl sites for hydroxylation is 2. The van der Waals surface area contributed by atoms with Gasteiger partial charge in [0.2, 0.25) is 0 Å². The van der Waals surface area contributed by atoms with E-state index < -0.39 is 0 Å². The van der Waals surface area contributed by atoms with Crippen molar-refractivity contribution < 1.29 is 9.63 Å². The van der Waals surface area contributed by atoms with Gasteiger partial charge in [-0.15, -0.1) is 0 Å². The zero-order valence-electron chi connectivity index (χ0n) is 11.4. The molecule has 1 heterocycles. The van der Waals surface area contributed by atoms with Crippen LogP contribution in [0, 0.1) is 13.8 Å². The predicted octanol–water partition coefficient (Wildman–Crippen LogP) is 2.27. The van der Waals surface area contributed by atoms with E-state index in [9.17, 15) is 0 Å². The van der Waals surface area contributed by atoms with Crippen molar-refractivity contribution >= 4 is 0 Å². The van der Waals surface area contributed by atoms with E-state index in [4.69, 9.17) is 9.63 Å². The van der Waals surface area contributed by atoms with E-state index in [1.807, 2.05) is 13.8 Å². The van der Waals surface area contributed by atoms with Crippen LogP contribution in [-0.2, 0) is 6.54 Å². The summed E-state index contributed by atoms with van der Waals surface area (Å²) in [4.78, 5) is 2.31. The Labute approximate surface area is 104 Å². The summed E-state index contributed by atoms with van der Waals surface area (Å²) in [6.45, 7) is 10.00. The van der Waals surface area contributed by atoms with Gasteiger partial charge in [-0.25, -0.2) is 0 Å². The minimum absolute atomic E-state index is 0.194. The Bertz CT molecular complexity index is 313. The lowest BCUT2D eigenvalue weighted by Gasteiger charge is -2.29. The molecule has 0 radical (unpaired) electrons. The van der Waals surface area contributed by atoms with Crippen molar-refractivity contribution in [2.24, 2.45) is 0 Å². The third-order valence-electron chi connectivity index (χ3n) is 3.39. The summed E-state index contributed by atoms with van der Waals surface area (Å²) in [5.41, 5.74) is 2.11. The monoisotopic (exact) mass is 240 g/mol. The van der Waals surface area contributed by atoms with E-state index >= 15 is 0 Å². The Morgan fingerprint density at radius 1 is 1.29 bits per heavy atom. The van der Waals surface area contributed by atoms with E-state index in [1.165, 1.54) is 0 Å². The second-order valence-corrected chi connectivity index (χ2v) is 4.47. The maximum atomic E-state index is 9.16. The molecule has 0 saturated heterocycles. The molecule has 0 bridgehead atoms. The lowest BCUT2D eigenvalue weighted by atomic mass is 10.1. The van der Waals surface area contributed by atoms with Crippen LogP contribution in [0.1, 0.15) is 43.7 Å². The fourth-order valence-electron chi connectivity index (χ4n) is 2.25. The Morgan fingerprint density at radius 2 is 1.94 bits per heavy atom. The molecular formula is C13H24N2O2. The van der Waals surface area contributed by atoms with Crippen molar-refractivity contribution in [1.29, 1.82) is 0 Å². The minimum Gasteiger partial charge on any atom is -0.395 e. The molecule has 0 aliphatic rings. The molecule has 0 fully saturated rings. The van der Waals surface area contributed by atoms with Crippen molar-refractivity contribution in [2.75, 3.05) is 13.2 Å². The van der Waals surface area contributed by atoms with Crippen LogP contribution in [0.25, 0.3) is 0 Å². The highest BCUT2D eigenvalue weighted by atomic mass is 16.5. The number of hydrogen-bond acceptors (Lipinski definition) is 4. The van der Waals surface area contributed by atoms with Gasteiger partial charge in [-0.1, -0.05) is 19.0 Å². The van der Waals surface area contributed by atoms with Crippen LogP contribution in [0.3, 0.4) is 0 Å². The zero-order valence-corrected chi connectivity index (χ0v) is 11.4. The van der Waals surface area contributed by atoms with E-state index in [-0.39, 0.29) is 6.61 Å². The number of aromatic nitrogens is 1. The Kier molecular flexibility index (Phi) is 5.65. The van der Waals surface area contributed by atoms with Gasteiger partial charge in [0.15, 0.2) is 0 Å². The van der Waals surface area contributed by atoms with E-state index in [1.54, 1.807) is 0 Å². The fraction of sp³-hybridized carbons (Fsp3) is 0.769. The quantitative estimate of drug-likeness (QED) is 0.794. The summed E-state index contributed by atoms with van der Waals surface area (Å²) >= 11 is 0. The molecule has 1 N–H and O–H groups in total. The largest absolute Gasteiger partial charge is 0.395 e. The summed E-state index contributed by atoms with van der Waals surface area (Å²) in [6, 6.07) is 0.510. The minimum atomic E-state index is 0.194. The topological polar surface area (TPSA) is 49.5 Å². The first-order chi connectivity index (χ1) is 8.13. The lowest BCUT2D eigenvalue weighted by Crippen LogP contribution is -2.36. The number of rotatable bonds is 7. The van der Waals surface area contributed by atoms with Crippen LogP contribution in [0.4, 0.5) is 0 Å². The van der Waals surface area contributed by atoms with Gasteiger partial charge >= 0.3 is 0 Å². The average molecular weight is 240 g/mol. The van der Waals surface area contributed by atoms with Crippen molar-refractivity contribution in [1.82, 2.24) is 10.1 Å². The molecule has 1 aromatic rings. The molecule has 0 saturated carbocycles. The molecule has 0 aliphatic carbocycles. The summed E-state index contributed by atoms with van der Waals surface area (Å²) in [5.74, 6) is 0.886. The number of aliphatic hydroxyl groups is 1. The van der Waals surface area contributed by atoms with E-state index in [0.717, 1.165) is 36.4 Å². The highest BCUT2D eigenvalue weighted by Crippen LogP contribution is 2.18. The summed E-state index contributed by atoms with van der Waals surface area (Å²) in [5, 5.41) is 13.1. The van der Waals surface area contributed by atoms with Crippen molar-refractivity contribution in [3.05, 3.63) is 17.0 Å². The van der Waals surface area contributed by atoms with Gasteiger partial charge in [-0.2, -0.15) is 0 Å². The third kappa shape index (κ3) is 3.54. The van der Waals surface area contributed by atoms with Crippen LogP contribution in [0.15, 0.2) is 4.52 Å². The molecule has 0 spiro atoms. The Hall–Kier alpha value is -0.870. The molecular weight excluding hydrogens is 216 g/mol. The summed E-state index contributed by atoms with van der Waals surface area (Å²) in [6.07, 6.45) is 2.19. The molecule has 17 heavy (non-hydrogen) atoms. The average Bonchev–Trinajstić information content (AvgIpc) is 2.62. The van der Waals surface area contributed by atoms with Gasteiger partial charge in [-0.3, -0.25) is 4.90 Å². The smallest absolute Gasteiger partial charge is 0.138 e. The third-order valence-corrected chi connectivity index (χ3v) is 3.39. The molecule has 98 valence electrons. The highest BCUT2D eigenvalue weighted by Gasteiger charge is 2.18. The predicted molar refractivity (Wildman–Crippen MR) is 67.8 cm³/mol. The molecule has 0 aliphatic heterocycles. The Morgan fingerprint density at radius 3 is 2.35 bits per heavy atom. The summed E-state index contributed by atoms with van der Waals surface area (Å²) < 4.78 is 5.18. The van der Waals surface area contributed by atoms with Crippen molar-refractivity contribution in [3.8, 4) is 0 Å². The van der Waals surface area contributed by atoms with Crippen molar-refractivity contribution in [2.45, 2.75) is 53.1 Å². The zero-order chi connectivity index (χ0) is 12.8. The second-order valence-electron chi connectivity index (χ2n) is 4.47. The number of nitrogens with zero attached hydrogens (tertiary/aromatic N) is 2. The van der Waals surface area contributed by atoms with Crippen LogP contribution in [0.5, 0.6) is 0 Å². The molecule has 0 atom stereocenters. The molecule has 4 heteroatoms. The van der Waals surface area contributed by atoms with Gasteiger partial charge in [-0.05, 0) is 26.7 Å². The van der Waals surface area contributed by atoms with Gasteiger partial charge in [0.1, 0.15) is 5.76 Å². The SMILES string of the molecule is CCC(CC)N(CCO)Cc1c(C)noc1C. The van der Waals surface area contributed by atoms with Crippen molar-refractivity contribution in [3.63, 3.8) is 0 Å². The standard InChI is InChI=1S/C13H24N2O2/c1-5-12(6-2)15(7-8-16)9-13-10(3)14-17-11(13)4/h12,16H,5-9H2,1-4H3. The molecule has 0 amide bonds. The molecule has 0 aromatic carbocycles. The maximum absolute atomic E-state index is 9.16. The first-order valence-electron chi connectivity index (χ1n) is 6.40. The molecule has 1 aromatic heterocycles. The van der Waals surface area contributed by atoms with Gasteiger partial charge in [0.05, 0.1) is 12.3 Å². The highest BCUT2D eigenvalue weighted by molar-refractivity contribution is 5.20. The van der Waals surface area contributed by atoms with Crippen LogP contribution in [-0.4, -0.2) is 34.4 Å². The normalized spacial score (nSPS) is 11.7.